The maximum Gasteiger partial charge on any atom is 0.314 e. The van der Waals surface area contributed by atoms with E-state index in [0.717, 1.165) is 18.2 Å². The van der Waals surface area contributed by atoms with Crippen LogP contribution in [0.2, 0.25) is 0 Å². The molecule has 5 nitrogen and oxygen atoms in total. The monoisotopic (exact) mass is 228 g/mol. The summed E-state index contributed by atoms with van der Waals surface area (Å²) >= 11 is 1.05. The number of aromatic nitrogens is 2. The Morgan fingerprint density at radius 1 is 1.73 bits per heavy atom. The molecular weight excluding hydrogens is 216 g/mol. The van der Waals surface area contributed by atoms with Gasteiger partial charge >= 0.3 is 5.97 Å². The van der Waals surface area contributed by atoms with Gasteiger partial charge in [0.15, 0.2) is 5.82 Å². The average molecular weight is 228 g/mol. The molecule has 1 unspecified atom stereocenters. The number of hydrogen-bond acceptors (Lipinski definition) is 5. The molecule has 1 aromatic rings. The second kappa shape index (κ2) is 3.52. The summed E-state index contributed by atoms with van der Waals surface area (Å²) in [7, 11) is 0. The molecule has 1 aliphatic rings. The molecule has 1 heterocycles. The summed E-state index contributed by atoms with van der Waals surface area (Å²) in [6, 6.07) is 0. The van der Waals surface area contributed by atoms with Crippen molar-refractivity contribution >= 4 is 17.7 Å². The fourth-order valence-electron chi connectivity index (χ4n) is 1.45. The molecule has 0 aliphatic heterocycles. The van der Waals surface area contributed by atoms with Gasteiger partial charge < -0.3 is 9.63 Å². The molecule has 15 heavy (non-hydrogen) atoms. The van der Waals surface area contributed by atoms with Crippen LogP contribution in [0.1, 0.15) is 32.0 Å². The molecule has 1 fully saturated rings. The van der Waals surface area contributed by atoms with Crippen molar-refractivity contribution in [1.29, 1.82) is 0 Å². The van der Waals surface area contributed by atoms with Crippen LogP contribution in [0.5, 0.6) is 0 Å². The molecule has 1 atom stereocenters. The van der Waals surface area contributed by atoms with Gasteiger partial charge in [-0.25, -0.2) is 0 Å². The summed E-state index contributed by atoms with van der Waals surface area (Å²) in [5, 5.41) is 12.7. The van der Waals surface area contributed by atoms with Crippen LogP contribution in [0.25, 0.3) is 0 Å². The molecule has 0 spiro atoms. The SMILES string of the molecule is CC1(C)CC1c1noc(SCC(=O)O)n1. The van der Waals surface area contributed by atoms with E-state index in [-0.39, 0.29) is 11.2 Å². The Morgan fingerprint density at radius 2 is 2.40 bits per heavy atom. The van der Waals surface area contributed by atoms with Gasteiger partial charge in [0, 0.05) is 5.92 Å². The lowest BCUT2D eigenvalue weighted by Gasteiger charge is -1.95. The van der Waals surface area contributed by atoms with Crippen molar-refractivity contribution in [3.8, 4) is 0 Å². The predicted molar refractivity (Wildman–Crippen MR) is 53.8 cm³/mol. The molecular formula is C9H12N2O3S. The van der Waals surface area contributed by atoms with Crippen LogP contribution in [-0.4, -0.2) is 27.0 Å². The smallest absolute Gasteiger partial charge is 0.314 e. The Bertz CT molecular complexity index is 388. The van der Waals surface area contributed by atoms with Gasteiger partial charge in [0.2, 0.25) is 0 Å². The van der Waals surface area contributed by atoms with E-state index in [1.165, 1.54) is 0 Å². The number of rotatable bonds is 4. The summed E-state index contributed by atoms with van der Waals surface area (Å²) in [4.78, 5) is 14.5. The Kier molecular flexibility index (Phi) is 2.46. The number of aliphatic carboxylic acids is 1. The van der Waals surface area contributed by atoms with Gasteiger partial charge in [0.25, 0.3) is 5.22 Å². The van der Waals surface area contributed by atoms with E-state index in [4.69, 9.17) is 9.63 Å². The zero-order valence-electron chi connectivity index (χ0n) is 8.56. The quantitative estimate of drug-likeness (QED) is 0.791. The summed E-state index contributed by atoms with van der Waals surface area (Å²) in [6.07, 6.45) is 1.07. The van der Waals surface area contributed by atoms with Gasteiger partial charge in [-0.05, 0) is 11.8 Å². The highest BCUT2D eigenvalue weighted by Crippen LogP contribution is 2.57. The summed E-state index contributed by atoms with van der Waals surface area (Å²) < 4.78 is 4.95. The molecule has 0 bridgehead atoms. The number of carboxylic acids is 1. The van der Waals surface area contributed by atoms with Crippen LogP contribution >= 0.6 is 11.8 Å². The van der Waals surface area contributed by atoms with Crippen molar-refractivity contribution in [3.05, 3.63) is 5.82 Å². The van der Waals surface area contributed by atoms with E-state index >= 15 is 0 Å². The third-order valence-corrected chi connectivity index (χ3v) is 3.37. The number of carboxylic acid groups (broad SMARTS) is 1. The Hall–Kier alpha value is -1.04. The van der Waals surface area contributed by atoms with Gasteiger partial charge in [-0.2, -0.15) is 4.98 Å². The Balaban J connectivity index is 1.96. The molecule has 0 radical (unpaired) electrons. The molecule has 82 valence electrons. The second-order valence-electron chi connectivity index (χ2n) is 4.35. The van der Waals surface area contributed by atoms with Crippen LogP contribution in [0.3, 0.4) is 0 Å². The lowest BCUT2D eigenvalue weighted by atomic mass is 10.1. The first-order valence-electron chi connectivity index (χ1n) is 4.67. The van der Waals surface area contributed by atoms with Crippen LogP contribution in [0.15, 0.2) is 9.75 Å². The van der Waals surface area contributed by atoms with Crippen molar-refractivity contribution in [2.75, 3.05) is 5.75 Å². The van der Waals surface area contributed by atoms with Gasteiger partial charge in [-0.15, -0.1) is 0 Å². The van der Waals surface area contributed by atoms with Gasteiger partial charge in [0.1, 0.15) is 5.75 Å². The van der Waals surface area contributed by atoms with Crippen molar-refractivity contribution in [2.45, 2.75) is 31.4 Å². The molecule has 1 saturated carbocycles. The minimum Gasteiger partial charge on any atom is -0.481 e. The molecule has 0 amide bonds. The maximum atomic E-state index is 10.3. The van der Waals surface area contributed by atoms with Crippen molar-refractivity contribution in [2.24, 2.45) is 5.41 Å². The van der Waals surface area contributed by atoms with Crippen LogP contribution in [0.4, 0.5) is 0 Å². The minimum atomic E-state index is -0.883. The molecule has 1 N–H and O–H groups in total. The Morgan fingerprint density at radius 3 is 2.93 bits per heavy atom. The van der Waals surface area contributed by atoms with E-state index in [1.807, 2.05) is 0 Å². The number of carbonyl (C=O) groups is 1. The molecule has 6 heteroatoms. The predicted octanol–water partition coefficient (Wildman–Crippen LogP) is 1.76. The third kappa shape index (κ3) is 2.31. The number of thioether (sulfide) groups is 1. The van der Waals surface area contributed by atoms with Crippen LogP contribution in [-0.2, 0) is 4.79 Å². The highest BCUT2D eigenvalue weighted by molar-refractivity contribution is 7.99. The number of hydrogen-bond donors (Lipinski definition) is 1. The van der Waals surface area contributed by atoms with Crippen molar-refractivity contribution in [1.82, 2.24) is 10.1 Å². The van der Waals surface area contributed by atoms with E-state index in [0.29, 0.717) is 17.0 Å². The van der Waals surface area contributed by atoms with E-state index < -0.39 is 5.97 Å². The second-order valence-corrected chi connectivity index (χ2v) is 5.27. The van der Waals surface area contributed by atoms with Gasteiger partial charge in [0.05, 0.1) is 0 Å². The normalized spacial score (nSPS) is 22.7. The van der Waals surface area contributed by atoms with Gasteiger partial charge in [-0.1, -0.05) is 30.8 Å². The minimum absolute atomic E-state index is 0.0459. The van der Waals surface area contributed by atoms with E-state index in [1.54, 1.807) is 0 Å². The summed E-state index contributed by atoms with van der Waals surface area (Å²) in [5.74, 6) is 0.134. The molecule has 1 aliphatic carbocycles. The van der Waals surface area contributed by atoms with Gasteiger partial charge in [-0.3, -0.25) is 4.79 Å². The fraction of sp³-hybridized carbons (Fsp3) is 0.667. The Labute approximate surface area is 91.2 Å². The zero-order chi connectivity index (χ0) is 11.1. The largest absolute Gasteiger partial charge is 0.481 e. The van der Waals surface area contributed by atoms with Crippen LogP contribution < -0.4 is 0 Å². The highest BCUT2D eigenvalue weighted by atomic mass is 32.2. The average Bonchev–Trinajstić information content (AvgIpc) is 2.63. The molecule has 2 rings (SSSR count). The number of nitrogens with zero attached hydrogens (tertiary/aromatic N) is 2. The topological polar surface area (TPSA) is 76.2 Å². The molecule has 0 saturated heterocycles. The van der Waals surface area contributed by atoms with E-state index in [2.05, 4.69) is 24.0 Å². The lowest BCUT2D eigenvalue weighted by molar-refractivity contribution is -0.133. The first kappa shape index (κ1) is 10.5. The van der Waals surface area contributed by atoms with Crippen molar-refractivity contribution < 1.29 is 14.4 Å². The van der Waals surface area contributed by atoms with Crippen LogP contribution in [0, 0.1) is 5.41 Å². The lowest BCUT2D eigenvalue weighted by Crippen LogP contribution is -1.97. The third-order valence-electron chi connectivity index (χ3n) is 2.57. The highest BCUT2D eigenvalue weighted by Gasteiger charge is 2.49. The van der Waals surface area contributed by atoms with Crippen molar-refractivity contribution in [3.63, 3.8) is 0 Å². The fourth-order valence-corrected chi connectivity index (χ4v) is 1.95. The summed E-state index contributed by atoms with van der Waals surface area (Å²) in [5.41, 5.74) is 0.263. The first-order valence-corrected chi connectivity index (χ1v) is 5.66. The molecule has 0 aromatic carbocycles. The van der Waals surface area contributed by atoms with E-state index in [9.17, 15) is 4.79 Å². The maximum absolute atomic E-state index is 10.3. The zero-order valence-corrected chi connectivity index (χ0v) is 9.37. The standard InChI is InChI=1S/C9H12N2O3S/c1-9(2)3-5(9)7-10-8(14-11-7)15-4-6(12)13/h5H,3-4H2,1-2H3,(H,12,13). The summed E-state index contributed by atoms with van der Waals surface area (Å²) in [6.45, 7) is 4.30. The molecule has 1 aromatic heterocycles. The first-order chi connectivity index (χ1) is 6.99.